The summed E-state index contributed by atoms with van der Waals surface area (Å²) >= 11 is 1.66. The highest BCUT2D eigenvalue weighted by Crippen LogP contribution is 2.22. The van der Waals surface area contributed by atoms with E-state index in [4.69, 9.17) is 5.73 Å². The lowest BCUT2D eigenvalue weighted by Gasteiger charge is -2.08. The van der Waals surface area contributed by atoms with Crippen molar-refractivity contribution in [2.75, 3.05) is 0 Å². The number of aromatic nitrogens is 5. The first kappa shape index (κ1) is 11.2. The molecular weight excluding hydrogens is 248 g/mol. The van der Waals surface area contributed by atoms with Crippen molar-refractivity contribution in [1.29, 1.82) is 0 Å². The standard InChI is InChI=1S/C11H12N6S/c1-17-15-11(14-16-17)5-8(12)7-4-10-9(13-6-7)2-3-18-10/h2-4,6,8H,5,12H2,1H3. The predicted octanol–water partition coefficient (Wildman–Crippen LogP) is 1.06. The minimum Gasteiger partial charge on any atom is -0.324 e. The summed E-state index contributed by atoms with van der Waals surface area (Å²) in [5, 5.41) is 13.9. The highest BCUT2D eigenvalue weighted by atomic mass is 32.1. The fraction of sp³-hybridized carbons (Fsp3) is 0.273. The molecular formula is C11H12N6S. The van der Waals surface area contributed by atoms with Gasteiger partial charge in [-0.05, 0) is 28.3 Å². The minimum absolute atomic E-state index is 0.159. The molecule has 0 aromatic carbocycles. The van der Waals surface area contributed by atoms with Crippen LogP contribution < -0.4 is 5.73 Å². The van der Waals surface area contributed by atoms with E-state index in [2.05, 4.69) is 26.5 Å². The monoisotopic (exact) mass is 260 g/mol. The molecule has 2 N–H and O–H groups in total. The zero-order valence-electron chi connectivity index (χ0n) is 9.82. The van der Waals surface area contributed by atoms with Crippen molar-refractivity contribution in [2.45, 2.75) is 12.5 Å². The summed E-state index contributed by atoms with van der Waals surface area (Å²) in [6, 6.07) is 3.92. The molecule has 1 atom stereocenters. The number of aryl methyl sites for hydroxylation is 1. The number of nitrogens with two attached hydrogens (primary N) is 1. The van der Waals surface area contributed by atoms with Crippen LogP contribution in [0.2, 0.25) is 0 Å². The van der Waals surface area contributed by atoms with Crippen LogP contribution in [0.1, 0.15) is 17.4 Å². The summed E-state index contributed by atoms with van der Waals surface area (Å²) in [7, 11) is 1.74. The van der Waals surface area contributed by atoms with Crippen LogP contribution in [-0.4, -0.2) is 25.2 Å². The van der Waals surface area contributed by atoms with Crippen LogP contribution in [0.4, 0.5) is 0 Å². The molecule has 1 unspecified atom stereocenters. The number of rotatable bonds is 3. The topological polar surface area (TPSA) is 82.5 Å². The van der Waals surface area contributed by atoms with Crippen molar-refractivity contribution < 1.29 is 0 Å². The van der Waals surface area contributed by atoms with Crippen LogP contribution in [0.15, 0.2) is 23.7 Å². The molecule has 3 heterocycles. The van der Waals surface area contributed by atoms with E-state index in [0.29, 0.717) is 12.2 Å². The number of tetrazole rings is 1. The Morgan fingerprint density at radius 2 is 2.39 bits per heavy atom. The van der Waals surface area contributed by atoms with Gasteiger partial charge in [-0.2, -0.15) is 4.80 Å². The molecule has 3 aromatic rings. The fourth-order valence-corrected chi connectivity index (χ4v) is 2.57. The smallest absolute Gasteiger partial charge is 0.176 e. The number of nitrogens with zero attached hydrogens (tertiary/aromatic N) is 5. The van der Waals surface area contributed by atoms with Gasteiger partial charge in [-0.25, -0.2) is 0 Å². The van der Waals surface area contributed by atoms with Crippen molar-refractivity contribution in [2.24, 2.45) is 12.8 Å². The summed E-state index contributed by atoms with van der Waals surface area (Å²) in [6.07, 6.45) is 2.38. The molecule has 0 aliphatic rings. The molecule has 0 radical (unpaired) electrons. The maximum absolute atomic E-state index is 6.14. The Morgan fingerprint density at radius 1 is 1.50 bits per heavy atom. The van der Waals surface area contributed by atoms with Crippen LogP contribution >= 0.6 is 11.3 Å². The molecule has 92 valence electrons. The summed E-state index contributed by atoms with van der Waals surface area (Å²) in [6.45, 7) is 0. The van der Waals surface area contributed by atoms with E-state index in [-0.39, 0.29) is 6.04 Å². The Kier molecular flexibility index (Phi) is 2.77. The number of hydrogen-bond acceptors (Lipinski definition) is 6. The first-order valence-corrected chi connectivity index (χ1v) is 6.42. The van der Waals surface area contributed by atoms with Gasteiger partial charge in [-0.1, -0.05) is 0 Å². The van der Waals surface area contributed by atoms with Gasteiger partial charge in [-0.3, -0.25) is 4.98 Å². The third-order valence-corrected chi connectivity index (χ3v) is 3.56. The molecule has 3 rings (SSSR count). The molecule has 6 nitrogen and oxygen atoms in total. The molecule has 0 saturated heterocycles. The lowest BCUT2D eigenvalue weighted by molar-refractivity contribution is 0.622. The summed E-state index contributed by atoms with van der Waals surface area (Å²) in [5.74, 6) is 0.649. The van der Waals surface area contributed by atoms with E-state index >= 15 is 0 Å². The fourth-order valence-electron chi connectivity index (χ4n) is 1.78. The number of pyridine rings is 1. The van der Waals surface area contributed by atoms with Gasteiger partial charge in [0.05, 0.1) is 17.3 Å². The second-order valence-electron chi connectivity index (χ2n) is 4.08. The Bertz CT molecular complexity index is 673. The lowest BCUT2D eigenvalue weighted by atomic mass is 10.1. The molecule has 18 heavy (non-hydrogen) atoms. The second-order valence-corrected chi connectivity index (χ2v) is 5.03. The summed E-state index contributed by atoms with van der Waals surface area (Å²) in [4.78, 5) is 5.81. The van der Waals surface area contributed by atoms with Gasteiger partial charge in [0.25, 0.3) is 0 Å². The maximum Gasteiger partial charge on any atom is 0.176 e. The van der Waals surface area contributed by atoms with Gasteiger partial charge < -0.3 is 5.73 Å². The van der Waals surface area contributed by atoms with Gasteiger partial charge in [-0.15, -0.1) is 21.5 Å². The van der Waals surface area contributed by atoms with E-state index in [1.807, 2.05) is 17.6 Å². The van der Waals surface area contributed by atoms with Crippen LogP contribution in [0.5, 0.6) is 0 Å². The second kappa shape index (κ2) is 4.43. The maximum atomic E-state index is 6.14. The summed E-state index contributed by atoms with van der Waals surface area (Å²) in [5.41, 5.74) is 8.15. The van der Waals surface area contributed by atoms with E-state index in [0.717, 1.165) is 15.8 Å². The van der Waals surface area contributed by atoms with Crippen LogP contribution in [0.3, 0.4) is 0 Å². The molecule has 0 fully saturated rings. The third-order valence-electron chi connectivity index (χ3n) is 2.70. The van der Waals surface area contributed by atoms with Gasteiger partial charge in [0, 0.05) is 18.7 Å². The lowest BCUT2D eigenvalue weighted by Crippen LogP contribution is -2.14. The van der Waals surface area contributed by atoms with Crippen molar-refractivity contribution in [3.05, 3.63) is 35.1 Å². The minimum atomic E-state index is -0.159. The average molecular weight is 260 g/mol. The van der Waals surface area contributed by atoms with E-state index in [1.165, 1.54) is 4.80 Å². The Hall–Kier alpha value is -1.86. The highest BCUT2D eigenvalue weighted by Gasteiger charge is 2.12. The zero-order valence-corrected chi connectivity index (χ0v) is 10.6. The number of thiophene rings is 1. The molecule has 0 spiro atoms. The number of fused-ring (bicyclic) bond motifs is 1. The van der Waals surface area contributed by atoms with Crippen molar-refractivity contribution in [3.63, 3.8) is 0 Å². The highest BCUT2D eigenvalue weighted by molar-refractivity contribution is 7.17. The molecule has 7 heteroatoms. The van der Waals surface area contributed by atoms with Crippen LogP contribution in [0, 0.1) is 0 Å². The van der Waals surface area contributed by atoms with Crippen molar-refractivity contribution in [3.8, 4) is 0 Å². The molecule has 0 aliphatic carbocycles. The van der Waals surface area contributed by atoms with Gasteiger partial charge >= 0.3 is 0 Å². The van der Waals surface area contributed by atoms with Crippen molar-refractivity contribution in [1.82, 2.24) is 25.2 Å². The third kappa shape index (κ3) is 2.09. The van der Waals surface area contributed by atoms with E-state index in [9.17, 15) is 0 Å². The van der Waals surface area contributed by atoms with E-state index in [1.54, 1.807) is 18.4 Å². The molecule has 0 amide bonds. The molecule has 0 saturated carbocycles. The van der Waals surface area contributed by atoms with Gasteiger partial charge in [0.1, 0.15) is 0 Å². The number of hydrogen-bond donors (Lipinski definition) is 1. The van der Waals surface area contributed by atoms with Gasteiger partial charge in [0.15, 0.2) is 5.82 Å². The summed E-state index contributed by atoms with van der Waals surface area (Å²) < 4.78 is 1.15. The molecule has 3 aromatic heterocycles. The SMILES string of the molecule is Cn1nnc(CC(N)c2cnc3ccsc3c2)n1. The largest absolute Gasteiger partial charge is 0.324 e. The first-order chi connectivity index (χ1) is 8.72. The Morgan fingerprint density at radius 3 is 3.17 bits per heavy atom. The quantitative estimate of drug-likeness (QED) is 0.761. The zero-order chi connectivity index (χ0) is 12.5. The normalized spacial score (nSPS) is 13.0. The van der Waals surface area contributed by atoms with E-state index < -0.39 is 0 Å². The van der Waals surface area contributed by atoms with Crippen LogP contribution in [0.25, 0.3) is 10.2 Å². The molecule has 0 bridgehead atoms. The Labute approximate surface area is 107 Å². The molecule has 0 aliphatic heterocycles. The van der Waals surface area contributed by atoms with Gasteiger partial charge in [0.2, 0.25) is 0 Å². The Balaban J connectivity index is 1.84. The first-order valence-electron chi connectivity index (χ1n) is 5.54. The predicted molar refractivity (Wildman–Crippen MR) is 69.1 cm³/mol. The average Bonchev–Trinajstić information content (AvgIpc) is 2.96. The van der Waals surface area contributed by atoms with Crippen LogP contribution in [-0.2, 0) is 13.5 Å². The van der Waals surface area contributed by atoms with Crippen molar-refractivity contribution >= 4 is 21.6 Å².